The van der Waals surface area contributed by atoms with Gasteiger partial charge in [-0.2, -0.15) is 0 Å². The highest BCUT2D eigenvalue weighted by Gasteiger charge is 2.18. The van der Waals surface area contributed by atoms with Gasteiger partial charge in [0.1, 0.15) is 0 Å². The molecule has 0 unspecified atom stereocenters. The van der Waals surface area contributed by atoms with Crippen LogP contribution in [-0.2, 0) is 8.85 Å². The van der Waals surface area contributed by atoms with Crippen molar-refractivity contribution in [2.24, 2.45) is 0 Å². The van der Waals surface area contributed by atoms with E-state index >= 15 is 0 Å². The Balaban J connectivity index is 2.25. The zero-order valence-electron chi connectivity index (χ0n) is 11.4. The number of rotatable bonds is 8. The van der Waals surface area contributed by atoms with E-state index in [-0.39, 0.29) is 0 Å². The van der Waals surface area contributed by atoms with Gasteiger partial charge in [-0.05, 0) is 51.4 Å². The molecule has 17 heavy (non-hydrogen) atoms. The summed E-state index contributed by atoms with van der Waals surface area (Å²) in [7, 11) is -1.62. The van der Waals surface area contributed by atoms with Crippen molar-refractivity contribution in [2.75, 3.05) is 32.8 Å². The Morgan fingerprint density at radius 2 is 1.71 bits per heavy atom. The zero-order chi connectivity index (χ0) is 12.5. The predicted octanol–water partition coefficient (Wildman–Crippen LogP) is 2.25. The molecule has 0 aliphatic carbocycles. The average molecular weight is 257 g/mol. The monoisotopic (exact) mass is 257 g/mol. The van der Waals surface area contributed by atoms with Gasteiger partial charge in [0.05, 0.1) is 0 Å². The molecule has 1 fully saturated rings. The van der Waals surface area contributed by atoms with Crippen LogP contribution in [0.2, 0.25) is 0 Å². The Morgan fingerprint density at radius 1 is 1.12 bits per heavy atom. The molecule has 4 heteroatoms. The molecule has 0 aromatic heterocycles. The van der Waals surface area contributed by atoms with Crippen molar-refractivity contribution in [2.45, 2.75) is 39.5 Å². The molecule has 0 aromatic rings. The van der Waals surface area contributed by atoms with Crippen molar-refractivity contribution < 1.29 is 8.85 Å². The van der Waals surface area contributed by atoms with Gasteiger partial charge < -0.3 is 13.8 Å². The standard InChI is InChI=1S/C13H27NO2Si/c1-4-15-17(16-5-2)13(3)9-12-14-10-7-6-8-11-14/h17H,3-12H2,1-2H3. The fourth-order valence-electron chi connectivity index (χ4n) is 2.19. The van der Waals surface area contributed by atoms with E-state index in [0.717, 1.165) is 26.2 Å². The Bertz CT molecular complexity index is 211. The van der Waals surface area contributed by atoms with E-state index in [9.17, 15) is 0 Å². The number of nitrogens with zero attached hydrogens (tertiary/aromatic N) is 1. The Labute approximate surface area is 108 Å². The van der Waals surface area contributed by atoms with Crippen molar-refractivity contribution in [3.05, 3.63) is 11.8 Å². The summed E-state index contributed by atoms with van der Waals surface area (Å²) in [4.78, 5) is 2.54. The third-order valence-electron chi connectivity index (χ3n) is 3.17. The largest absolute Gasteiger partial charge is 0.394 e. The molecule has 1 heterocycles. The van der Waals surface area contributed by atoms with Crippen molar-refractivity contribution in [1.82, 2.24) is 4.90 Å². The molecule has 0 bridgehead atoms. The normalized spacial score (nSPS) is 17.6. The van der Waals surface area contributed by atoms with E-state index in [1.807, 2.05) is 13.8 Å². The number of hydrogen-bond acceptors (Lipinski definition) is 3. The molecule has 1 rings (SSSR count). The maximum atomic E-state index is 5.68. The van der Waals surface area contributed by atoms with Gasteiger partial charge in [0.25, 0.3) is 0 Å². The molecule has 0 atom stereocenters. The highest BCUT2D eigenvalue weighted by molar-refractivity contribution is 6.53. The summed E-state index contributed by atoms with van der Waals surface area (Å²) in [5, 5.41) is 1.21. The molecule has 0 amide bonds. The predicted molar refractivity (Wildman–Crippen MR) is 74.4 cm³/mol. The van der Waals surface area contributed by atoms with Crippen molar-refractivity contribution in [1.29, 1.82) is 0 Å². The van der Waals surface area contributed by atoms with Crippen LogP contribution in [0.4, 0.5) is 0 Å². The Kier molecular flexibility index (Phi) is 7.76. The van der Waals surface area contributed by atoms with Gasteiger partial charge in [0.15, 0.2) is 0 Å². The SMILES string of the molecule is C=C(CCN1CCCCC1)[SiH](OCC)OCC. The van der Waals surface area contributed by atoms with E-state index in [0.29, 0.717) is 0 Å². The lowest BCUT2D eigenvalue weighted by Crippen LogP contribution is -2.33. The van der Waals surface area contributed by atoms with E-state index in [1.165, 1.54) is 37.5 Å². The van der Waals surface area contributed by atoms with Crippen LogP contribution in [0.1, 0.15) is 39.5 Å². The van der Waals surface area contributed by atoms with E-state index in [1.54, 1.807) is 0 Å². The lowest BCUT2D eigenvalue weighted by molar-refractivity contribution is 0.213. The maximum absolute atomic E-state index is 5.68. The van der Waals surface area contributed by atoms with Gasteiger partial charge in [-0.15, -0.1) is 0 Å². The summed E-state index contributed by atoms with van der Waals surface area (Å²) < 4.78 is 11.4. The van der Waals surface area contributed by atoms with Crippen LogP contribution in [0.5, 0.6) is 0 Å². The van der Waals surface area contributed by atoms with E-state index < -0.39 is 9.28 Å². The van der Waals surface area contributed by atoms with Crippen molar-refractivity contribution in [3.8, 4) is 0 Å². The first kappa shape index (κ1) is 14.9. The molecule has 0 spiro atoms. The third-order valence-corrected chi connectivity index (χ3v) is 5.39. The molecule has 1 saturated heterocycles. The van der Waals surface area contributed by atoms with Gasteiger partial charge >= 0.3 is 9.28 Å². The quantitative estimate of drug-likeness (QED) is 0.623. The van der Waals surface area contributed by atoms with Gasteiger partial charge in [0.2, 0.25) is 0 Å². The van der Waals surface area contributed by atoms with Gasteiger partial charge in [0, 0.05) is 19.8 Å². The molecular weight excluding hydrogens is 230 g/mol. The molecule has 0 N–H and O–H groups in total. The molecular formula is C13H27NO2Si. The van der Waals surface area contributed by atoms with Crippen LogP contribution in [0.25, 0.3) is 0 Å². The summed E-state index contributed by atoms with van der Waals surface area (Å²) in [5.41, 5.74) is 0. The summed E-state index contributed by atoms with van der Waals surface area (Å²) >= 11 is 0. The maximum Gasteiger partial charge on any atom is 0.351 e. The van der Waals surface area contributed by atoms with Crippen LogP contribution in [0, 0.1) is 0 Å². The molecule has 3 nitrogen and oxygen atoms in total. The number of likely N-dealkylation sites (tertiary alicyclic amines) is 1. The molecule has 1 aliphatic heterocycles. The third kappa shape index (κ3) is 5.81. The van der Waals surface area contributed by atoms with Crippen LogP contribution < -0.4 is 0 Å². The fraction of sp³-hybridized carbons (Fsp3) is 0.846. The second-order valence-electron chi connectivity index (χ2n) is 4.55. The van der Waals surface area contributed by atoms with Crippen LogP contribution in [0.15, 0.2) is 11.8 Å². The summed E-state index contributed by atoms with van der Waals surface area (Å²) in [5.74, 6) is 0. The van der Waals surface area contributed by atoms with Gasteiger partial charge in [-0.25, -0.2) is 0 Å². The first-order valence-corrected chi connectivity index (χ1v) is 8.43. The molecule has 100 valence electrons. The first-order valence-electron chi connectivity index (χ1n) is 6.91. The zero-order valence-corrected chi connectivity index (χ0v) is 12.6. The smallest absolute Gasteiger partial charge is 0.351 e. The van der Waals surface area contributed by atoms with Crippen LogP contribution in [0.3, 0.4) is 0 Å². The Hall–Kier alpha value is -0.163. The highest BCUT2D eigenvalue weighted by atomic mass is 28.3. The molecule has 0 aromatic carbocycles. The second kappa shape index (κ2) is 8.86. The first-order chi connectivity index (χ1) is 8.27. The molecule has 0 saturated carbocycles. The summed E-state index contributed by atoms with van der Waals surface area (Å²) in [6.45, 7) is 13.3. The minimum Gasteiger partial charge on any atom is -0.394 e. The van der Waals surface area contributed by atoms with Crippen molar-refractivity contribution in [3.63, 3.8) is 0 Å². The summed E-state index contributed by atoms with van der Waals surface area (Å²) in [6.07, 6.45) is 5.14. The summed E-state index contributed by atoms with van der Waals surface area (Å²) in [6, 6.07) is 0. The topological polar surface area (TPSA) is 21.7 Å². The van der Waals surface area contributed by atoms with Crippen LogP contribution >= 0.6 is 0 Å². The minimum absolute atomic E-state index is 0.736. The number of hydrogen-bond donors (Lipinski definition) is 0. The lowest BCUT2D eigenvalue weighted by atomic mass is 10.1. The average Bonchev–Trinajstić information content (AvgIpc) is 2.37. The van der Waals surface area contributed by atoms with Gasteiger partial charge in [-0.1, -0.05) is 13.0 Å². The van der Waals surface area contributed by atoms with Gasteiger partial charge in [-0.3, -0.25) is 0 Å². The van der Waals surface area contributed by atoms with E-state index in [4.69, 9.17) is 8.85 Å². The molecule has 0 radical (unpaired) electrons. The molecule has 1 aliphatic rings. The minimum atomic E-state index is -1.62. The van der Waals surface area contributed by atoms with Crippen molar-refractivity contribution >= 4 is 9.28 Å². The second-order valence-corrected chi connectivity index (χ2v) is 6.70. The Morgan fingerprint density at radius 3 is 2.24 bits per heavy atom. The van der Waals surface area contributed by atoms with Crippen LogP contribution in [-0.4, -0.2) is 47.0 Å². The lowest BCUT2D eigenvalue weighted by Gasteiger charge is -2.27. The number of piperidine rings is 1. The van der Waals surface area contributed by atoms with E-state index in [2.05, 4.69) is 11.5 Å². The highest BCUT2D eigenvalue weighted by Crippen LogP contribution is 2.12. The fourth-order valence-corrected chi connectivity index (χ4v) is 3.73.